The Hall–Kier alpha value is -2.48. The van der Waals surface area contributed by atoms with Crippen molar-refractivity contribution in [3.8, 4) is 5.75 Å². The number of aliphatic imine (C=N–C) groups is 1. The van der Waals surface area contributed by atoms with E-state index in [9.17, 15) is 0 Å². The van der Waals surface area contributed by atoms with Crippen molar-refractivity contribution < 1.29 is 4.74 Å². The van der Waals surface area contributed by atoms with Crippen LogP contribution < -0.4 is 20.3 Å². The standard InChI is InChI=1S/C24H30N4O.HI/c1-3-17-29-23-10-6-5-9-21(23)19-27-24(25-4-2)26-18-20-11-13-22(14-12-20)28-15-7-8-16-28;/h3,5-14H,1,4,15-19H2,2H3,(H2,25,26,27);1H. The second kappa shape index (κ2) is 13.0. The molecule has 0 saturated carbocycles. The lowest BCUT2D eigenvalue weighted by Gasteiger charge is -2.17. The summed E-state index contributed by atoms with van der Waals surface area (Å²) in [6.45, 7) is 10.3. The molecule has 0 fully saturated rings. The summed E-state index contributed by atoms with van der Waals surface area (Å²) in [7, 11) is 0. The predicted molar refractivity (Wildman–Crippen MR) is 137 cm³/mol. The molecule has 2 aromatic carbocycles. The topological polar surface area (TPSA) is 48.9 Å². The number of halogens is 1. The van der Waals surface area contributed by atoms with Crippen LogP contribution in [-0.2, 0) is 13.1 Å². The molecule has 0 aromatic heterocycles. The first-order chi connectivity index (χ1) is 14.3. The van der Waals surface area contributed by atoms with Gasteiger partial charge in [-0.15, -0.1) is 24.0 Å². The third-order valence-electron chi connectivity index (χ3n) is 4.66. The van der Waals surface area contributed by atoms with Gasteiger partial charge < -0.3 is 20.3 Å². The number of nitrogens with one attached hydrogen (secondary N) is 2. The van der Waals surface area contributed by atoms with Gasteiger partial charge in [0.15, 0.2) is 5.96 Å². The van der Waals surface area contributed by atoms with Gasteiger partial charge in [0.25, 0.3) is 0 Å². The third-order valence-corrected chi connectivity index (χ3v) is 4.66. The number of ether oxygens (including phenoxy) is 1. The van der Waals surface area contributed by atoms with Crippen molar-refractivity contribution in [3.05, 3.63) is 84.5 Å². The second-order valence-electron chi connectivity index (χ2n) is 6.80. The van der Waals surface area contributed by atoms with Crippen molar-refractivity contribution in [1.82, 2.24) is 10.6 Å². The molecule has 1 aliphatic rings. The van der Waals surface area contributed by atoms with Crippen molar-refractivity contribution in [1.29, 1.82) is 0 Å². The maximum Gasteiger partial charge on any atom is 0.191 e. The number of benzene rings is 2. The molecule has 160 valence electrons. The highest BCUT2D eigenvalue weighted by molar-refractivity contribution is 14.0. The molecule has 2 aromatic rings. The molecule has 6 heteroatoms. The Morgan fingerprint density at radius 3 is 2.53 bits per heavy atom. The van der Waals surface area contributed by atoms with E-state index in [4.69, 9.17) is 9.73 Å². The minimum atomic E-state index is 0. The van der Waals surface area contributed by atoms with Crippen LogP contribution in [-0.4, -0.2) is 32.2 Å². The molecule has 0 amide bonds. The number of anilines is 1. The Balaban J connectivity index is 0.00000320. The van der Waals surface area contributed by atoms with E-state index in [2.05, 4.69) is 71.5 Å². The van der Waals surface area contributed by atoms with Crippen LogP contribution in [0.4, 0.5) is 5.69 Å². The van der Waals surface area contributed by atoms with Crippen LogP contribution in [0.1, 0.15) is 18.1 Å². The van der Waals surface area contributed by atoms with Gasteiger partial charge in [0.2, 0.25) is 0 Å². The fourth-order valence-corrected chi connectivity index (χ4v) is 3.13. The summed E-state index contributed by atoms with van der Waals surface area (Å²) in [6, 6.07) is 16.7. The summed E-state index contributed by atoms with van der Waals surface area (Å²) in [6.07, 6.45) is 6.15. The minimum Gasteiger partial charge on any atom is -0.489 e. The summed E-state index contributed by atoms with van der Waals surface area (Å²) < 4.78 is 5.73. The summed E-state index contributed by atoms with van der Waals surface area (Å²) in [5, 5.41) is 6.70. The average Bonchev–Trinajstić information content (AvgIpc) is 3.30. The van der Waals surface area contributed by atoms with Gasteiger partial charge in [-0.3, -0.25) is 0 Å². The van der Waals surface area contributed by atoms with E-state index in [0.717, 1.165) is 36.9 Å². The molecule has 3 rings (SSSR count). The molecule has 0 spiro atoms. The monoisotopic (exact) mass is 518 g/mol. The van der Waals surface area contributed by atoms with Crippen molar-refractivity contribution in [3.63, 3.8) is 0 Å². The molecule has 0 unspecified atom stereocenters. The van der Waals surface area contributed by atoms with E-state index < -0.39 is 0 Å². The fraction of sp³-hybridized carbons (Fsp3) is 0.292. The summed E-state index contributed by atoms with van der Waals surface area (Å²) >= 11 is 0. The zero-order chi connectivity index (χ0) is 20.3. The Morgan fingerprint density at radius 2 is 1.83 bits per heavy atom. The zero-order valence-electron chi connectivity index (χ0n) is 17.5. The number of hydrogen-bond acceptors (Lipinski definition) is 3. The van der Waals surface area contributed by atoms with Gasteiger partial charge >= 0.3 is 0 Å². The number of hydrogen-bond donors (Lipinski definition) is 2. The summed E-state index contributed by atoms with van der Waals surface area (Å²) in [5.41, 5.74) is 3.53. The molecular weight excluding hydrogens is 487 g/mol. The molecule has 0 radical (unpaired) electrons. The molecule has 5 nitrogen and oxygen atoms in total. The lowest BCUT2D eigenvalue weighted by atomic mass is 10.2. The highest BCUT2D eigenvalue weighted by Gasteiger charge is 2.07. The van der Waals surface area contributed by atoms with Gasteiger partial charge in [0.05, 0.1) is 6.54 Å². The molecule has 0 atom stereocenters. The second-order valence-corrected chi connectivity index (χ2v) is 6.80. The van der Waals surface area contributed by atoms with Crippen LogP contribution in [0, 0.1) is 0 Å². The maximum absolute atomic E-state index is 5.73. The zero-order valence-corrected chi connectivity index (χ0v) is 19.8. The smallest absolute Gasteiger partial charge is 0.191 e. The number of guanidine groups is 1. The molecule has 1 aliphatic heterocycles. The van der Waals surface area contributed by atoms with Gasteiger partial charge in [-0.2, -0.15) is 0 Å². The maximum atomic E-state index is 5.73. The first-order valence-electron chi connectivity index (χ1n) is 10.1. The van der Waals surface area contributed by atoms with E-state index in [-0.39, 0.29) is 24.0 Å². The largest absolute Gasteiger partial charge is 0.489 e. The van der Waals surface area contributed by atoms with Crippen molar-refractivity contribution >= 4 is 35.6 Å². The Morgan fingerprint density at radius 1 is 1.10 bits per heavy atom. The van der Waals surface area contributed by atoms with E-state index in [1.165, 1.54) is 11.3 Å². The highest BCUT2D eigenvalue weighted by atomic mass is 127. The molecule has 0 saturated heterocycles. The van der Waals surface area contributed by atoms with Crippen LogP contribution in [0.2, 0.25) is 0 Å². The molecule has 0 aliphatic carbocycles. The number of para-hydroxylation sites is 1. The lowest BCUT2D eigenvalue weighted by Crippen LogP contribution is -2.36. The summed E-state index contributed by atoms with van der Waals surface area (Å²) in [4.78, 5) is 7.07. The van der Waals surface area contributed by atoms with Crippen molar-refractivity contribution in [2.45, 2.75) is 20.0 Å². The Labute approximate surface area is 196 Å². The average molecular weight is 518 g/mol. The molecule has 1 heterocycles. The first-order valence-corrected chi connectivity index (χ1v) is 10.1. The van der Waals surface area contributed by atoms with Gasteiger partial charge in [-0.05, 0) is 30.7 Å². The van der Waals surface area contributed by atoms with E-state index >= 15 is 0 Å². The predicted octanol–water partition coefficient (Wildman–Crippen LogP) is 4.50. The number of rotatable bonds is 9. The molecule has 30 heavy (non-hydrogen) atoms. The number of nitrogens with zero attached hydrogens (tertiary/aromatic N) is 2. The molecule has 0 bridgehead atoms. The molecular formula is C24H31IN4O. The van der Waals surface area contributed by atoms with E-state index in [1.807, 2.05) is 18.2 Å². The minimum absolute atomic E-state index is 0. The van der Waals surface area contributed by atoms with Crippen molar-refractivity contribution in [2.24, 2.45) is 4.99 Å². The molecule has 2 N–H and O–H groups in total. The van der Waals surface area contributed by atoms with E-state index in [1.54, 1.807) is 6.08 Å². The Kier molecular flexibility index (Phi) is 10.3. The van der Waals surface area contributed by atoms with Crippen LogP contribution in [0.25, 0.3) is 0 Å². The van der Waals surface area contributed by atoms with Gasteiger partial charge in [-0.1, -0.05) is 55.1 Å². The van der Waals surface area contributed by atoms with Crippen LogP contribution >= 0.6 is 24.0 Å². The fourth-order valence-electron chi connectivity index (χ4n) is 3.13. The van der Waals surface area contributed by atoms with Crippen molar-refractivity contribution in [2.75, 3.05) is 31.1 Å². The quantitative estimate of drug-likeness (QED) is 0.222. The van der Waals surface area contributed by atoms with Crippen LogP contribution in [0.3, 0.4) is 0 Å². The lowest BCUT2D eigenvalue weighted by molar-refractivity contribution is 0.358. The van der Waals surface area contributed by atoms with Crippen LogP contribution in [0.5, 0.6) is 5.75 Å². The normalized spacial score (nSPS) is 13.0. The van der Waals surface area contributed by atoms with Gasteiger partial charge in [0, 0.05) is 37.4 Å². The third kappa shape index (κ3) is 7.09. The van der Waals surface area contributed by atoms with Crippen LogP contribution in [0.15, 0.2) is 78.3 Å². The van der Waals surface area contributed by atoms with Gasteiger partial charge in [-0.25, -0.2) is 4.99 Å². The first kappa shape index (κ1) is 23.8. The SMILES string of the molecule is C=CCOc1ccccc1CNC(=NCc1ccc(N2CC=CC2)cc1)NCC.I. The highest BCUT2D eigenvalue weighted by Crippen LogP contribution is 2.19. The van der Waals surface area contributed by atoms with Gasteiger partial charge in [0.1, 0.15) is 12.4 Å². The summed E-state index contributed by atoms with van der Waals surface area (Å²) in [5.74, 6) is 1.65. The Bertz CT molecular complexity index is 841. The van der Waals surface area contributed by atoms with E-state index in [0.29, 0.717) is 19.7 Å².